The van der Waals surface area contributed by atoms with Gasteiger partial charge in [-0.2, -0.15) is 5.10 Å². The minimum atomic E-state index is -0.725. The molecule has 2 atom stereocenters. The Morgan fingerprint density at radius 2 is 1.89 bits per heavy atom. The van der Waals surface area contributed by atoms with Crippen LogP contribution in [0.3, 0.4) is 0 Å². The number of rotatable bonds is 5. The van der Waals surface area contributed by atoms with E-state index in [2.05, 4.69) is 13.8 Å². The van der Waals surface area contributed by atoms with Crippen molar-refractivity contribution in [3.05, 3.63) is 83.8 Å². The van der Waals surface area contributed by atoms with Gasteiger partial charge in [-0.3, -0.25) is 4.79 Å². The first-order valence-corrected chi connectivity index (χ1v) is 11.7. The number of hydrogen-bond donors (Lipinski definition) is 1. The largest absolute Gasteiger partial charge is 0.458 e. The number of aliphatic hydroxyl groups is 1. The number of carbonyl (C=O) groups excluding carboxylic acids is 1. The lowest BCUT2D eigenvalue weighted by molar-refractivity contribution is -0.156. The third kappa shape index (κ3) is 4.72. The zero-order valence-corrected chi connectivity index (χ0v) is 19.6. The fraction of sp³-hybridized carbons (Fsp3) is 0.250. The number of esters is 1. The van der Waals surface area contributed by atoms with Crippen LogP contribution in [0.2, 0.25) is 0 Å². The van der Waals surface area contributed by atoms with Gasteiger partial charge in [0.25, 0.3) is 0 Å². The van der Waals surface area contributed by atoms with E-state index in [1.54, 1.807) is 22.9 Å². The van der Waals surface area contributed by atoms with Crippen molar-refractivity contribution >= 4 is 22.9 Å². The van der Waals surface area contributed by atoms with Crippen LogP contribution in [0.5, 0.6) is 0 Å². The van der Waals surface area contributed by atoms with Gasteiger partial charge < -0.3 is 9.84 Å². The van der Waals surface area contributed by atoms with Gasteiger partial charge in [-0.05, 0) is 54.5 Å². The van der Waals surface area contributed by atoms with Crippen LogP contribution >= 0.6 is 0 Å². The number of aliphatic hydroxyl groups excluding tert-OH is 1. The fourth-order valence-corrected chi connectivity index (χ4v) is 4.39. The second-order valence-corrected chi connectivity index (χ2v) is 9.06. The molecule has 0 spiro atoms. The summed E-state index contributed by atoms with van der Waals surface area (Å²) in [5, 5.41) is 15.9. The molecule has 35 heavy (non-hydrogen) atoms. The number of hydrogen-bond acceptors (Lipinski definition) is 5. The second-order valence-electron chi connectivity index (χ2n) is 9.06. The highest BCUT2D eigenvalue weighted by atomic mass is 19.1. The first-order valence-electron chi connectivity index (χ1n) is 11.7. The molecule has 2 aromatic heterocycles. The molecule has 2 aromatic carbocycles. The number of carbonyl (C=O) groups is 1. The maximum absolute atomic E-state index is 13.8. The third-order valence-corrected chi connectivity index (χ3v) is 6.08. The molecule has 0 amide bonds. The number of nitrogens with zero attached hydrogens (tertiary/aromatic N) is 3. The summed E-state index contributed by atoms with van der Waals surface area (Å²) in [6.07, 6.45) is 2.76. The summed E-state index contributed by atoms with van der Waals surface area (Å²) in [5.74, 6) is -0.0237. The Bertz CT molecular complexity index is 1410. The standard InChI is InChI=1S/C28H26FN3O3/c1-17(2)27-23(13-12-22-15-21(33)16-26(34)35-22)28(19-7-10-20(29)11-8-19)32(31-27)25-14-9-18-5-3-4-6-24(18)30-25/h3-14,17,21-22,33H,15-16H2,1-2H3/t21-,22-/m1/s1. The number of cyclic esters (lactones) is 1. The predicted octanol–water partition coefficient (Wildman–Crippen LogP) is 5.43. The Balaban J connectivity index is 1.68. The fourth-order valence-electron chi connectivity index (χ4n) is 4.39. The number of para-hydroxylation sites is 1. The van der Waals surface area contributed by atoms with Crippen molar-refractivity contribution in [2.24, 2.45) is 0 Å². The molecule has 6 nitrogen and oxygen atoms in total. The number of pyridine rings is 1. The van der Waals surface area contributed by atoms with E-state index in [0.29, 0.717) is 12.2 Å². The molecule has 1 aliphatic rings. The first-order chi connectivity index (χ1) is 16.9. The third-order valence-electron chi connectivity index (χ3n) is 6.08. The second kappa shape index (κ2) is 9.43. The maximum atomic E-state index is 13.8. The zero-order chi connectivity index (χ0) is 24.5. The number of benzene rings is 2. The van der Waals surface area contributed by atoms with Gasteiger partial charge in [0.1, 0.15) is 11.9 Å². The smallest absolute Gasteiger partial charge is 0.309 e. The summed E-state index contributed by atoms with van der Waals surface area (Å²) in [4.78, 5) is 16.6. The van der Waals surface area contributed by atoms with E-state index in [4.69, 9.17) is 14.8 Å². The van der Waals surface area contributed by atoms with Crippen molar-refractivity contribution in [3.8, 4) is 17.1 Å². The monoisotopic (exact) mass is 471 g/mol. The van der Waals surface area contributed by atoms with Crippen LogP contribution in [0.25, 0.3) is 34.1 Å². The number of halogens is 1. The summed E-state index contributed by atoms with van der Waals surface area (Å²) < 4.78 is 21.0. The summed E-state index contributed by atoms with van der Waals surface area (Å²) in [5.41, 5.74) is 4.05. The summed E-state index contributed by atoms with van der Waals surface area (Å²) >= 11 is 0. The van der Waals surface area contributed by atoms with Crippen LogP contribution in [0.1, 0.15) is 43.9 Å². The van der Waals surface area contributed by atoms with Crippen LogP contribution in [0, 0.1) is 5.82 Å². The topological polar surface area (TPSA) is 77.2 Å². The van der Waals surface area contributed by atoms with Crippen LogP contribution in [-0.4, -0.2) is 38.0 Å². The molecule has 178 valence electrons. The van der Waals surface area contributed by atoms with Crippen LogP contribution in [0.4, 0.5) is 4.39 Å². The zero-order valence-electron chi connectivity index (χ0n) is 19.6. The van der Waals surface area contributed by atoms with Gasteiger partial charge in [0.15, 0.2) is 5.82 Å². The van der Waals surface area contributed by atoms with E-state index in [1.807, 2.05) is 42.5 Å². The minimum absolute atomic E-state index is 0.00792. The van der Waals surface area contributed by atoms with Gasteiger partial charge >= 0.3 is 5.97 Å². The molecular weight excluding hydrogens is 445 g/mol. The Kier molecular flexibility index (Phi) is 6.17. The van der Waals surface area contributed by atoms with E-state index < -0.39 is 18.2 Å². The van der Waals surface area contributed by atoms with Gasteiger partial charge in [0.2, 0.25) is 0 Å². The van der Waals surface area contributed by atoms with Crippen LogP contribution < -0.4 is 0 Å². The van der Waals surface area contributed by atoms with Gasteiger partial charge in [-0.15, -0.1) is 0 Å². The normalized spacial score (nSPS) is 18.5. The predicted molar refractivity (Wildman–Crippen MR) is 133 cm³/mol. The van der Waals surface area contributed by atoms with Crippen molar-refractivity contribution in [1.29, 1.82) is 0 Å². The SMILES string of the molecule is CC(C)c1nn(-c2ccc3ccccc3n2)c(-c2ccc(F)cc2)c1C=C[C@@H]1C[C@@H](O)CC(=O)O1. The summed E-state index contributed by atoms with van der Waals surface area (Å²) in [6, 6.07) is 18.1. The maximum Gasteiger partial charge on any atom is 0.309 e. The molecule has 5 rings (SSSR count). The summed E-state index contributed by atoms with van der Waals surface area (Å²) in [7, 11) is 0. The minimum Gasteiger partial charge on any atom is -0.458 e. The lowest BCUT2D eigenvalue weighted by Crippen LogP contribution is -2.31. The molecule has 0 radical (unpaired) electrons. The van der Waals surface area contributed by atoms with Gasteiger partial charge in [-0.25, -0.2) is 14.1 Å². The van der Waals surface area contributed by atoms with Gasteiger partial charge in [0, 0.05) is 22.9 Å². The molecule has 0 bridgehead atoms. The van der Waals surface area contributed by atoms with Crippen molar-refractivity contribution in [2.75, 3.05) is 0 Å². The highest BCUT2D eigenvalue weighted by molar-refractivity contribution is 5.80. The quantitative estimate of drug-likeness (QED) is 0.393. The van der Waals surface area contributed by atoms with Gasteiger partial charge in [0.05, 0.1) is 29.4 Å². The Hall–Kier alpha value is -3.84. The highest BCUT2D eigenvalue weighted by Crippen LogP contribution is 2.34. The average Bonchev–Trinajstić information content (AvgIpc) is 3.22. The Morgan fingerprint density at radius 3 is 2.63 bits per heavy atom. The van der Waals surface area contributed by atoms with E-state index >= 15 is 0 Å². The first kappa shape index (κ1) is 22.9. The van der Waals surface area contributed by atoms with E-state index in [1.165, 1.54) is 12.1 Å². The molecule has 1 fully saturated rings. The van der Waals surface area contributed by atoms with E-state index in [9.17, 15) is 14.3 Å². The molecule has 0 aliphatic carbocycles. The molecule has 0 saturated carbocycles. The molecule has 4 aromatic rings. The van der Waals surface area contributed by atoms with Crippen LogP contribution in [0.15, 0.2) is 66.7 Å². The molecule has 0 unspecified atom stereocenters. The number of aromatic nitrogens is 3. The van der Waals surface area contributed by atoms with E-state index in [-0.39, 0.29) is 18.2 Å². The lowest BCUT2D eigenvalue weighted by atomic mass is 9.98. The van der Waals surface area contributed by atoms with Crippen LogP contribution in [-0.2, 0) is 9.53 Å². The van der Waals surface area contributed by atoms with Crippen molar-refractivity contribution < 1.29 is 19.0 Å². The van der Waals surface area contributed by atoms with Crippen molar-refractivity contribution in [1.82, 2.24) is 14.8 Å². The molecular formula is C28H26FN3O3. The average molecular weight is 472 g/mol. The van der Waals surface area contributed by atoms with Crippen molar-refractivity contribution in [2.45, 2.75) is 44.8 Å². The van der Waals surface area contributed by atoms with Gasteiger partial charge in [-0.1, -0.05) is 38.1 Å². The highest BCUT2D eigenvalue weighted by Gasteiger charge is 2.26. The molecule has 1 N–H and O–H groups in total. The Morgan fingerprint density at radius 1 is 1.11 bits per heavy atom. The van der Waals surface area contributed by atoms with E-state index in [0.717, 1.165) is 33.4 Å². The molecule has 3 heterocycles. The molecule has 7 heteroatoms. The number of ether oxygens (including phenoxy) is 1. The molecule has 1 aliphatic heterocycles. The summed E-state index contributed by atoms with van der Waals surface area (Å²) in [6.45, 7) is 4.10. The lowest BCUT2D eigenvalue weighted by Gasteiger charge is -2.23. The van der Waals surface area contributed by atoms with Crippen molar-refractivity contribution in [3.63, 3.8) is 0 Å². The number of fused-ring (bicyclic) bond motifs is 1. The molecule has 1 saturated heterocycles. The Labute approximate surface area is 202 Å².